The fourth-order valence-corrected chi connectivity index (χ4v) is 1.36. The lowest BCUT2D eigenvalue weighted by molar-refractivity contribution is 0.278. The minimum Gasteiger partial charge on any atom is -0.392 e. The Balaban J connectivity index is 3.12. The molecule has 2 N–H and O–H groups in total. The number of benzene rings is 1. The van der Waals surface area contributed by atoms with E-state index in [2.05, 4.69) is 0 Å². The number of aliphatic hydroxyl groups is 1. The molecule has 1 atom stereocenters. The Morgan fingerprint density at radius 3 is 2.45 bits per heavy atom. The van der Waals surface area contributed by atoms with E-state index in [0.717, 1.165) is 0 Å². The van der Waals surface area contributed by atoms with Crippen LogP contribution in [-0.4, -0.2) is 13.9 Å². The summed E-state index contributed by atoms with van der Waals surface area (Å²) in [6.45, 7) is -0.206. The highest BCUT2D eigenvalue weighted by atomic mass is 32.2. The molecule has 0 aliphatic rings. The third-order valence-electron chi connectivity index (χ3n) is 1.33. The van der Waals surface area contributed by atoms with Crippen LogP contribution in [0.15, 0.2) is 29.2 Å². The highest BCUT2D eigenvalue weighted by Gasteiger charge is 2.04. The largest absolute Gasteiger partial charge is 0.392 e. The molecule has 0 aliphatic heterocycles. The SMILES string of the molecule is O=S(O)c1ccccc1CO. The Bertz CT molecular complexity index is 272. The Hall–Kier alpha value is -0.710. The van der Waals surface area contributed by atoms with E-state index in [0.29, 0.717) is 5.56 Å². The zero-order valence-electron chi connectivity index (χ0n) is 5.73. The van der Waals surface area contributed by atoms with Gasteiger partial charge in [-0.3, -0.25) is 0 Å². The topological polar surface area (TPSA) is 57.5 Å². The van der Waals surface area contributed by atoms with Crippen LogP contribution in [0.5, 0.6) is 0 Å². The Morgan fingerprint density at radius 1 is 1.36 bits per heavy atom. The van der Waals surface area contributed by atoms with Gasteiger partial charge in [0.05, 0.1) is 11.5 Å². The van der Waals surface area contributed by atoms with Gasteiger partial charge in [0.15, 0.2) is 11.1 Å². The summed E-state index contributed by atoms with van der Waals surface area (Å²) < 4.78 is 19.3. The van der Waals surface area contributed by atoms with E-state index >= 15 is 0 Å². The lowest BCUT2D eigenvalue weighted by atomic mass is 10.2. The van der Waals surface area contributed by atoms with Crippen LogP contribution in [0, 0.1) is 0 Å². The van der Waals surface area contributed by atoms with Crippen molar-refractivity contribution in [1.29, 1.82) is 0 Å². The van der Waals surface area contributed by atoms with Crippen LogP contribution in [0.3, 0.4) is 0 Å². The summed E-state index contributed by atoms with van der Waals surface area (Å²) in [4.78, 5) is 0.273. The van der Waals surface area contributed by atoms with Gasteiger partial charge >= 0.3 is 0 Å². The molecule has 3 nitrogen and oxygen atoms in total. The summed E-state index contributed by atoms with van der Waals surface area (Å²) in [6.07, 6.45) is 0. The molecule has 0 saturated carbocycles. The molecule has 60 valence electrons. The van der Waals surface area contributed by atoms with Crippen molar-refractivity contribution in [2.75, 3.05) is 0 Å². The van der Waals surface area contributed by atoms with Crippen molar-refractivity contribution in [2.45, 2.75) is 11.5 Å². The molecule has 1 rings (SSSR count). The summed E-state index contributed by atoms with van der Waals surface area (Å²) in [5, 5.41) is 8.72. The Kier molecular flexibility index (Phi) is 2.76. The van der Waals surface area contributed by atoms with Crippen molar-refractivity contribution in [2.24, 2.45) is 0 Å². The third kappa shape index (κ3) is 1.86. The van der Waals surface area contributed by atoms with E-state index in [1.54, 1.807) is 18.2 Å². The van der Waals surface area contributed by atoms with E-state index < -0.39 is 11.1 Å². The first-order chi connectivity index (χ1) is 5.25. The monoisotopic (exact) mass is 172 g/mol. The van der Waals surface area contributed by atoms with Crippen molar-refractivity contribution in [3.63, 3.8) is 0 Å². The van der Waals surface area contributed by atoms with Crippen molar-refractivity contribution in [3.05, 3.63) is 29.8 Å². The molecule has 0 saturated heterocycles. The van der Waals surface area contributed by atoms with E-state index in [-0.39, 0.29) is 11.5 Å². The molecule has 0 fully saturated rings. The van der Waals surface area contributed by atoms with Crippen LogP contribution in [0.25, 0.3) is 0 Å². The zero-order valence-corrected chi connectivity index (χ0v) is 6.54. The van der Waals surface area contributed by atoms with E-state index in [9.17, 15) is 4.21 Å². The second-order valence-electron chi connectivity index (χ2n) is 2.01. The number of hydrogen-bond donors (Lipinski definition) is 2. The van der Waals surface area contributed by atoms with Crippen LogP contribution >= 0.6 is 0 Å². The molecule has 0 radical (unpaired) electrons. The smallest absolute Gasteiger partial charge is 0.186 e. The van der Waals surface area contributed by atoms with Gasteiger partial charge in [-0.05, 0) is 11.6 Å². The van der Waals surface area contributed by atoms with Crippen molar-refractivity contribution >= 4 is 11.1 Å². The first-order valence-corrected chi connectivity index (χ1v) is 4.16. The van der Waals surface area contributed by atoms with Gasteiger partial charge in [-0.2, -0.15) is 0 Å². The molecule has 0 heterocycles. The van der Waals surface area contributed by atoms with Crippen LogP contribution in [-0.2, 0) is 17.7 Å². The predicted octanol–water partition coefficient (Wildman–Crippen LogP) is 0.760. The first kappa shape index (κ1) is 8.39. The lowest BCUT2D eigenvalue weighted by Gasteiger charge is -2.00. The number of hydrogen-bond acceptors (Lipinski definition) is 2. The molecule has 0 aliphatic carbocycles. The minimum atomic E-state index is -2.00. The molecule has 0 amide bonds. The van der Waals surface area contributed by atoms with Gasteiger partial charge in [0, 0.05) is 0 Å². The van der Waals surface area contributed by atoms with Gasteiger partial charge < -0.3 is 9.66 Å². The van der Waals surface area contributed by atoms with Crippen molar-refractivity contribution in [3.8, 4) is 0 Å². The molecular weight excluding hydrogens is 164 g/mol. The quantitative estimate of drug-likeness (QED) is 0.647. The minimum absolute atomic E-state index is 0.206. The number of aliphatic hydroxyl groups excluding tert-OH is 1. The molecule has 0 spiro atoms. The Labute approximate surface area is 67.0 Å². The summed E-state index contributed by atoms with van der Waals surface area (Å²) in [6, 6.07) is 6.50. The second kappa shape index (κ2) is 3.61. The Morgan fingerprint density at radius 2 is 2.00 bits per heavy atom. The van der Waals surface area contributed by atoms with Gasteiger partial charge in [0.2, 0.25) is 0 Å². The average molecular weight is 172 g/mol. The van der Waals surface area contributed by atoms with Crippen LogP contribution < -0.4 is 0 Å². The van der Waals surface area contributed by atoms with E-state index in [4.69, 9.17) is 9.66 Å². The molecular formula is C7H8O3S. The normalized spacial score (nSPS) is 12.9. The van der Waals surface area contributed by atoms with Crippen molar-refractivity contribution < 1.29 is 13.9 Å². The molecule has 11 heavy (non-hydrogen) atoms. The summed E-state index contributed by atoms with van der Waals surface area (Å²) in [7, 11) is 0. The zero-order chi connectivity index (χ0) is 8.27. The van der Waals surface area contributed by atoms with Gasteiger partial charge in [-0.25, -0.2) is 4.21 Å². The average Bonchev–Trinajstić information content (AvgIpc) is 2.04. The lowest BCUT2D eigenvalue weighted by Crippen LogP contribution is -1.95. The maximum Gasteiger partial charge on any atom is 0.186 e. The highest BCUT2D eigenvalue weighted by Crippen LogP contribution is 2.11. The standard InChI is InChI=1S/C7H8O3S/c8-5-6-3-1-2-4-7(6)11(9)10/h1-4,8H,5H2,(H,9,10). The summed E-state index contributed by atoms with van der Waals surface area (Å²) in [5.74, 6) is 0. The van der Waals surface area contributed by atoms with Gasteiger partial charge in [-0.15, -0.1) is 0 Å². The highest BCUT2D eigenvalue weighted by molar-refractivity contribution is 7.79. The first-order valence-electron chi connectivity index (χ1n) is 3.05. The van der Waals surface area contributed by atoms with Crippen molar-refractivity contribution in [1.82, 2.24) is 0 Å². The molecule has 4 heteroatoms. The molecule has 1 aromatic carbocycles. The van der Waals surface area contributed by atoms with E-state index in [1.807, 2.05) is 0 Å². The maximum absolute atomic E-state index is 10.6. The van der Waals surface area contributed by atoms with Crippen LogP contribution in [0.2, 0.25) is 0 Å². The van der Waals surface area contributed by atoms with Crippen LogP contribution in [0.1, 0.15) is 5.56 Å². The molecule has 1 unspecified atom stereocenters. The van der Waals surface area contributed by atoms with Gasteiger partial charge in [0.1, 0.15) is 0 Å². The fourth-order valence-electron chi connectivity index (χ4n) is 0.805. The van der Waals surface area contributed by atoms with Crippen LogP contribution in [0.4, 0.5) is 0 Å². The third-order valence-corrected chi connectivity index (χ3v) is 2.11. The predicted molar refractivity (Wildman–Crippen MR) is 41.4 cm³/mol. The number of rotatable bonds is 2. The maximum atomic E-state index is 10.6. The van der Waals surface area contributed by atoms with Gasteiger partial charge in [-0.1, -0.05) is 18.2 Å². The van der Waals surface area contributed by atoms with Gasteiger partial charge in [0.25, 0.3) is 0 Å². The molecule has 1 aromatic rings. The second-order valence-corrected chi connectivity index (χ2v) is 2.95. The summed E-state index contributed by atoms with van der Waals surface area (Å²) in [5.41, 5.74) is 0.494. The molecule has 0 aromatic heterocycles. The van der Waals surface area contributed by atoms with E-state index in [1.165, 1.54) is 6.07 Å². The summed E-state index contributed by atoms with van der Waals surface area (Å²) >= 11 is -2.00. The molecule has 0 bridgehead atoms. The fraction of sp³-hybridized carbons (Fsp3) is 0.143.